The van der Waals surface area contributed by atoms with Gasteiger partial charge in [-0.1, -0.05) is 18.2 Å². The smallest absolute Gasteiger partial charge is 0.389 e. The van der Waals surface area contributed by atoms with Crippen molar-refractivity contribution >= 4 is 10.9 Å². The van der Waals surface area contributed by atoms with E-state index < -0.39 is 12.6 Å². The molecule has 1 heterocycles. The molecule has 104 valence electrons. The summed E-state index contributed by atoms with van der Waals surface area (Å²) in [4.78, 5) is 4.16. The van der Waals surface area contributed by atoms with Crippen LogP contribution in [0.1, 0.15) is 18.4 Å². The quantitative estimate of drug-likeness (QED) is 0.800. The van der Waals surface area contributed by atoms with Gasteiger partial charge in [-0.25, -0.2) is 4.98 Å². The minimum absolute atomic E-state index is 0.0876. The Kier molecular flexibility index (Phi) is 4.08. The summed E-state index contributed by atoms with van der Waals surface area (Å²) in [5.41, 5.74) is 0.971. The van der Waals surface area contributed by atoms with Crippen molar-refractivity contribution in [3.8, 4) is 11.9 Å². The summed E-state index contributed by atoms with van der Waals surface area (Å²) in [5, 5.41) is 9.75. The van der Waals surface area contributed by atoms with Crippen LogP contribution >= 0.6 is 0 Å². The number of fused-ring (bicyclic) bond motifs is 1. The highest BCUT2D eigenvalue weighted by molar-refractivity contribution is 5.85. The maximum Gasteiger partial charge on any atom is 0.389 e. The molecule has 0 amide bonds. The summed E-state index contributed by atoms with van der Waals surface area (Å²) < 4.78 is 41.2. The molecule has 0 spiro atoms. The molecule has 3 nitrogen and oxygen atoms in total. The number of halogens is 3. The third-order valence-electron chi connectivity index (χ3n) is 2.67. The van der Waals surface area contributed by atoms with Crippen LogP contribution in [0.3, 0.4) is 0 Å². The Bertz CT molecular complexity index is 647. The predicted molar refractivity (Wildman–Crippen MR) is 67.2 cm³/mol. The van der Waals surface area contributed by atoms with Crippen molar-refractivity contribution in [2.75, 3.05) is 6.61 Å². The van der Waals surface area contributed by atoms with Gasteiger partial charge in [0.25, 0.3) is 0 Å². The lowest BCUT2D eigenvalue weighted by Gasteiger charge is -2.09. The fourth-order valence-electron chi connectivity index (χ4n) is 1.77. The van der Waals surface area contributed by atoms with Crippen LogP contribution in [-0.2, 0) is 0 Å². The Morgan fingerprint density at radius 2 is 2.00 bits per heavy atom. The van der Waals surface area contributed by atoms with E-state index in [1.807, 2.05) is 6.07 Å². The number of nitrogens with zero attached hydrogens (tertiary/aromatic N) is 2. The SMILES string of the molecule is N#Cc1cc(OCCCC(F)(F)F)nc2ccccc12. The fraction of sp³-hybridized carbons (Fsp3) is 0.286. The zero-order valence-electron chi connectivity index (χ0n) is 10.4. The number of alkyl halides is 3. The van der Waals surface area contributed by atoms with Crippen molar-refractivity contribution in [1.29, 1.82) is 5.26 Å². The summed E-state index contributed by atoms with van der Waals surface area (Å²) in [6, 6.07) is 10.5. The Hall–Kier alpha value is -2.29. The van der Waals surface area contributed by atoms with Gasteiger partial charge in [-0.3, -0.25) is 0 Å². The van der Waals surface area contributed by atoms with Gasteiger partial charge < -0.3 is 4.74 Å². The van der Waals surface area contributed by atoms with E-state index in [1.165, 1.54) is 6.07 Å². The maximum atomic E-state index is 12.0. The molecule has 0 saturated carbocycles. The van der Waals surface area contributed by atoms with Crippen LogP contribution in [0.15, 0.2) is 30.3 Å². The molecule has 0 atom stereocenters. The van der Waals surface area contributed by atoms with Gasteiger partial charge in [0, 0.05) is 17.9 Å². The molecule has 0 radical (unpaired) electrons. The van der Waals surface area contributed by atoms with Gasteiger partial charge in [-0.2, -0.15) is 18.4 Å². The molecule has 1 aromatic carbocycles. The lowest BCUT2D eigenvalue weighted by Crippen LogP contribution is -2.10. The Morgan fingerprint density at radius 3 is 2.70 bits per heavy atom. The zero-order chi connectivity index (χ0) is 14.6. The molecular formula is C14H11F3N2O. The Morgan fingerprint density at radius 1 is 1.25 bits per heavy atom. The minimum atomic E-state index is -4.18. The normalized spacial score (nSPS) is 11.3. The number of hydrogen-bond donors (Lipinski definition) is 0. The van der Waals surface area contributed by atoms with E-state index in [2.05, 4.69) is 4.98 Å². The third kappa shape index (κ3) is 3.60. The summed E-state index contributed by atoms with van der Waals surface area (Å²) in [5.74, 6) is 0.169. The molecule has 0 unspecified atom stereocenters. The molecule has 6 heteroatoms. The molecular weight excluding hydrogens is 269 g/mol. The number of pyridine rings is 1. The highest BCUT2D eigenvalue weighted by Crippen LogP contribution is 2.23. The van der Waals surface area contributed by atoms with E-state index in [-0.39, 0.29) is 18.9 Å². The average molecular weight is 280 g/mol. The molecule has 2 aromatic rings. The predicted octanol–water partition coefficient (Wildman–Crippen LogP) is 3.83. The van der Waals surface area contributed by atoms with Gasteiger partial charge in [0.1, 0.15) is 6.07 Å². The molecule has 20 heavy (non-hydrogen) atoms. The summed E-state index contributed by atoms with van der Waals surface area (Å²) in [7, 11) is 0. The Balaban J connectivity index is 2.10. The van der Waals surface area contributed by atoms with Crippen LogP contribution in [0, 0.1) is 11.3 Å². The molecule has 0 fully saturated rings. The van der Waals surface area contributed by atoms with E-state index in [0.717, 1.165) is 0 Å². The zero-order valence-corrected chi connectivity index (χ0v) is 10.4. The van der Waals surface area contributed by atoms with Gasteiger partial charge in [0.2, 0.25) is 5.88 Å². The van der Waals surface area contributed by atoms with Crippen molar-refractivity contribution < 1.29 is 17.9 Å². The number of para-hydroxylation sites is 1. The number of hydrogen-bond acceptors (Lipinski definition) is 3. The van der Waals surface area contributed by atoms with E-state index in [1.54, 1.807) is 24.3 Å². The van der Waals surface area contributed by atoms with Gasteiger partial charge in [0.15, 0.2) is 0 Å². The van der Waals surface area contributed by atoms with Crippen molar-refractivity contribution in [1.82, 2.24) is 4.98 Å². The van der Waals surface area contributed by atoms with Crippen LogP contribution in [0.5, 0.6) is 5.88 Å². The van der Waals surface area contributed by atoms with Gasteiger partial charge in [0.05, 0.1) is 17.7 Å². The van der Waals surface area contributed by atoms with Crippen molar-refractivity contribution in [2.45, 2.75) is 19.0 Å². The van der Waals surface area contributed by atoms with Gasteiger partial charge in [-0.05, 0) is 12.5 Å². The molecule has 0 N–H and O–H groups in total. The van der Waals surface area contributed by atoms with Crippen LogP contribution in [0.2, 0.25) is 0 Å². The maximum absolute atomic E-state index is 12.0. The molecule has 0 bridgehead atoms. The highest BCUT2D eigenvalue weighted by atomic mass is 19.4. The van der Waals surface area contributed by atoms with Crippen LogP contribution in [0.4, 0.5) is 13.2 Å². The number of ether oxygens (including phenoxy) is 1. The monoisotopic (exact) mass is 280 g/mol. The lowest BCUT2D eigenvalue weighted by atomic mass is 10.1. The standard InChI is InChI=1S/C14H11F3N2O/c15-14(16,17)6-3-7-20-13-8-10(9-18)11-4-1-2-5-12(11)19-13/h1-2,4-5,8H,3,6-7H2. The minimum Gasteiger partial charge on any atom is -0.478 e. The van der Waals surface area contributed by atoms with E-state index in [0.29, 0.717) is 16.5 Å². The first-order chi connectivity index (χ1) is 9.49. The second kappa shape index (κ2) is 5.78. The molecule has 0 aliphatic rings. The summed E-state index contributed by atoms with van der Waals surface area (Å²) in [6.45, 7) is -0.0876. The van der Waals surface area contributed by atoms with Crippen molar-refractivity contribution in [3.05, 3.63) is 35.9 Å². The van der Waals surface area contributed by atoms with Gasteiger partial charge in [-0.15, -0.1) is 0 Å². The van der Waals surface area contributed by atoms with Crippen molar-refractivity contribution in [3.63, 3.8) is 0 Å². The molecule has 0 saturated heterocycles. The third-order valence-corrected chi connectivity index (χ3v) is 2.67. The fourth-order valence-corrected chi connectivity index (χ4v) is 1.77. The number of rotatable bonds is 4. The van der Waals surface area contributed by atoms with Crippen molar-refractivity contribution in [2.24, 2.45) is 0 Å². The highest BCUT2D eigenvalue weighted by Gasteiger charge is 2.26. The molecule has 1 aromatic heterocycles. The first-order valence-corrected chi connectivity index (χ1v) is 5.99. The second-order valence-electron chi connectivity index (χ2n) is 4.20. The Labute approximate surface area is 113 Å². The molecule has 2 rings (SSSR count). The topological polar surface area (TPSA) is 45.9 Å². The number of benzene rings is 1. The second-order valence-corrected chi connectivity index (χ2v) is 4.20. The number of nitriles is 1. The van der Waals surface area contributed by atoms with E-state index in [4.69, 9.17) is 10.00 Å². The molecule has 0 aliphatic heterocycles. The lowest BCUT2D eigenvalue weighted by molar-refractivity contribution is -0.136. The van der Waals surface area contributed by atoms with Crippen LogP contribution < -0.4 is 4.74 Å². The first-order valence-electron chi connectivity index (χ1n) is 5.99. The largest absolute Gasteiger partial charge is 0.478 e. The summed E-state index contributed by atoms with van der Waals surface area (Å²) in [6.07, 6.45) is -5.22. The van der Waals surface area contributed by atoms with Crippen LogP contribution in [0.25, 0.3) is 10.9 Å². The number of aromatic nitrogens is 1. The first kappa shape index (κ1) is 14.1. The summed E-state index contributed by atoms with van der Waals surface area (Å²) >= 11 is 0. The van der Waals surface area contributed by atoms with E-state index in [9.17, 15) is 13.2 Å². The molecule has 0 aliphatic carbocycles. The average Bonchev–Trinajstić information content (AvgIpc) is 2.41. The van der Waals surface area contributed by atoms with Crippen LogP contribution in [-0.4, -0.2) is 17.8 Å². The van der Waals surface area contributed by atoms with Gasteiger partial charge >= 0.3 is 6.18 Å². The van der Waals surface area contributed by atoms with E-state index >= 15 is 0 Å².